The normalized spacial score (nSPS) is 12.0. The summed E-state index contributed by atoms with van der Waals surface area (Å²) in [6.45, 7) is 7.05. The van der Waals surface area contributed by atoms with E-state index in [9.17, 15) is 0 Å². The molecule has 0 nitrogen and oxygen atoms in total. The third-order valence-corrected chi connectivity index (χ3v) is 2.83. The van der Waals surface area contributed by atoms with E-state index in [2.05, 4.69) is 27.0 Å². The zero-order valence-corrected chi connectivity index (χ0v) is 9.26. The van der Waals surface area contributed by atoms with Crippen LogP contribution in [-0.2, 0) is 0 Å². The molecule has 68 valence electrons. The fourth-order valence-corrected chi connectivity index (χ4v) is 1.93. The van der Waals surface area contributed by atoms with Crippen molar-refractivity contribution in [2.24, 2.45) is 5.41 Å². The summed E-state index contributed by atoms with van der Waals surface area (Å²) in [5.74, 6) is 1.33. The molecule has 1 heteroatoms. The van der Waals surface area contributed by atoms with Crippen LogP contribution in [0, 0.1) is 5.41 Å². The second-order valence-electron chi connectivity index (χ2n) is 4.01. The first-order valence-electron chi connectivity index (χ1n) is 4.61. The average Bonchev–Trinajstić information content (AvgIpc) is 1.87. The molecule has 11 heavy (non-hydrogen) atoms. The summed E-state index contributed by atoms with van der Waals surface area (Å²) in [6, 6.07) is 0. The van der Waals surface area contributed by atoms with E-state index in [0.29, 0.717) is 5.41 Å². The number of rotatable bonds is 6. The minimum atomic E-state index is 0.588. The predicted molar refractivity (Wildman–Crippen MR) is 56.3 cm³/mol. The summed E-state index contributed by atoms with van der Waals surface area (Å²) in [6.07, 6.45) is 7.66. The second-order valence-corrected chi connectivity index (χ2v) is 5.00. The molecule has 0 bridgehead atoms. The van der Waals surface area contributed by atoms with Crippen LogP contribution in [0.3, 0.4) is 0 Å². The molecule has 0 rings (SSSR count). The van der Waals surface area contributed by atoms with Gasteiger partial charge in [-0.25, -0.2) is 0 Å². The Hall–Kier alpha value is 0.350. The molecule has 0 heterocycles. The van der Waals surface area contributed by atoms with Crippen LogP contribution in [0.4, 0.5) is 0 Å². The van der Waals surface area contributed by atoms with Crippen molar-refractivity contribution in [2.75, 3.05) is 12.0 Å². The molecule has 0 saturated heterocycles. The zero-order valence-electron chi connectivity index (χ0n) is 8.44. The first kappa shape index (κ1) is 11.4. The molecule has 0 aromatic rings. The Bertz CT molecular complexity index is 86.9. The van der Waals surface area contributed by atoms with Crippen LogP contribution in [0.1, 0.15) is 46.5 Å². The van der Waals surface area contributed by atoms with Crippen LogP contribution in [-0.4, -0.2) is 12.0 Å². The third kappa shape index (κ3) is 6.74. The molecule has 0 aliphatic rings. The second kappa shape index (κ2) is 5.93. The van der Waals surface area contributed by atoms with Gasteiger partial charge < -0.3 is 0 Å². The van der Waals surface area contributed by atoms with Crippen molar-refractivity contribution in [1.29, 1.82) is 0 Å². The van der Waals surface area contributed by atoms with E-state index in [1.54, 1.807) is 0 Å². The highest BCUT2D eigenvalue weighted by atomic mass is 32.2. The number of hydrogen-bond acceptors (Lipinski definition) is 1. The zero-order chi connectivity index (χ0) is 8.74. The maximum Gasteiger partial charge on any atom is -0.00701 e. The highest BCUT2D eigenvalue weighted by Gasteiger charge is 2.14. The van der Waals surface area contributed by atoms with Crippen molar-refractivity contribution >= 4 is 11.8 Å². The molecule has 0 aliphatic carbocycles. The van der Waals surface area contributed by atoms with Crippen molar-refractivity contribution in [3.8, 4) is 0 Å². The Kier molecular flexibility index (Phi) is 6.12. The Morgan fingerprint density at radius 3 is 2.27 bits per heavy atom. The van der Waals surface area contributed by atoms with Crippen molar-refractivity contribution in [1.82, 2.24) is 0 Å². The smallest absolute Gasteiger partial charge is 0.00701 e. The van der Waals surface area contributed by atoms with Crippen molar-refractivity contribution < 1.29 is 0 Å². The van der Waals surface area contributed by atoms with E-state index in [-0.39, 0.29) is 0 Å². The molecule has 0 fully saturated rings. The van der Waals surface area contributed by atoms with Gasteiger partial charge in [-0.3, -0.25) is 0 Å². The lowest BCUT2D eigenvalue weighted by molar-refractivity contribution is 0.302. The molecule has 0 aromatic carbocycles. The predicted octanol–water partition coefficient (Wildman–Crippen LogP) is 3.96. The van der Waals surface area contributed by atoms with Crippen molar-refractivity contribution in [3.63, 3.8) is 0 Å². The van der Waals surface area contributed by atoms with Gasteiger partial charge in [0.25, 0.3) is 0 Å². The first-order chi connectivity index (χ1) is 5.12. The first-order valence-corrected chi connectivity index (χ1v) is 6.00. The van der Waals surface area contributed by atoms with Gasteiger partial charge in [0.05, 0.1) is 0 Å². The molecule has 0 saturated carbocycles. The SMILES string of the molecule is CCCC(C)(C)CCCSC. The van der Waals surface area contributed by atoms with Crippen molar-refractivity contribution in [2.45, 2.75) is 46.5 Å². The van der Waals surface area contributed by atoms with Gasteiger partial charge in [0, 0.05) is 0 Å². The molecular formula is C10H22S. The summed E-state index contributed by atoms with van der Waals surface area (Å²) in [7, 11) is 0. The quantitative estimate of drug-likeness (QED) is 0.549. The fraction of sp³-hybridized carbons (Fsp3) is 1.00. The molecule has 0 amide bonds. The molecule has 0 N–H and O–H groups in total. The summed E-state index contributed by atoms with van der Waals surface area (Å²) in [4.78, 5) is 0. The standard InChI is InChI=1S/C10H22S/c1-5-7-10(2,3)8-6-9-11-4/h5-9H2,1-4H3. The molecule has 0 radical (unpaired) electrons. The largest absolute Gasteiger partial charge is 0.165 e. The highest BCUT2D eigenvalue weighted by Crippen LogP contribution is 2.28. The van der Waals surface area contributed by atoms with E-state index in [0.717, 1.165) is 0 Å². The van der Waals surface area contributed by atoms with E-state index < -0.39 is 0 Å². The average molecular weight is 174 g/mol. The van der Waals surface area contributed by atoms with Gasteiger partial charge >= 0.3 is 0 Å². The van der Waals surface area contributed by atoms with Crippen LogP contribution in [0.5, 0.6) is 0 Å². The molecule has 0 spiro atoms. The maximum atomic E-state index is 2.39. The topological polar surface area (TPSA) is 0 Å². The summed E-state index contributed by atoms with van der Waals surface area (Å²) in [5, 5.41) is 0. The Labute approximate surface area is 76.1 Å². The summed E-state index contributed by atoms with van der Waals surface area (Å²) >= 11 is 1.96. The molecule has 0 aliphatic heterocycles. The van der Waals surface area contributed by atoms with Gasteiger partial charge in [-0.1, -0.05) is 27.2 Å². The van der Waals surface area contributed by atoms with E-state index >= 15 is 0 Å². The van der Waals surface area contributed by atoms with Gasteiger partial charge in [-0.15, -0.1) is 0 Å². The maximum absolute atomic E-state index is 2.39. The lowest BCUT2D eigenvalue weighted by Gasteiger charge is -2.23. The van der Waals surface area contributed by atoms with E-state index in [1.807, 2.05) is 11.8 Å². The summed E-state index contributed by atoms with van der Waals surface area (Å²) < 4.78 is 0. The van der Waals surface area contributed by atoms with Gasteiger partial charge in [0.1, 0.15) is 0 Å². The Balaban J connectivity index is 3.38. The number of thioether (sulfide) groups is 1. The Morgan fingerprint density at radius 1 is 1.18 bits per heavy atom. The summed E-state index contributed by atoms with van der Waals surface area (Å²) in [5.41, 5.74) is 0.588. The van der Waals surface area contributed by atoms with Gasteiger partial charge in [-0.05, 0) is 36.7 Å². The van der Waals surface area contributed by atoms with Gasteiger partial charge in [-0.2, -0.15) is 11.8 Å². The van der Waals surface area contributed by atoms with E-state index in [4.69, 9.17) is 0 Å². The van der Waals surface area contributed by atoms with Crippen LogP contribution in [0.15, 0.2) is 0 Å². The van der Waals surface area contributed by atoms with Crippen LogP contribution < -0.4 is 0 Å². The third-order valence-electron chi connectivity index (χ3n) is 2.13. The lowest BCUT2D eigenvalue weighted by atomic mass is 9.84. The fourth-order valence-electron chi connectivity index (χ4n) is 1.50. The molecular weight excluding hydrogens is 152 g/mol. The monoisotopic (exact) mass is 174 g/mol. The van der Waals surface area contributed by atoms with Gasteiger partial charge in [0.2, 0.25) is 0 Å². The Morgan fingerprint density at radius 2 is 1.82 bits per heavy atom. The minimum absolute atomic E-state index is 0.588. The molecule has 0 unspecified atom stereocenters. The van der Waals surface area contributed by atoms with Crippen LogP contribution >= 0.6 is 11.8 Å². The lowest BCUT2D eigenvalue weighted by Crippen LogP contribution is -2.10. The van der Waals surface area contributed by atoms with Crippen molar-refractivity contribution in [3.05, 3.63) is 0 Å². The molecule has 0 aromatic heterocycles. The highest BCUT2D eigenvalue weighted by molar-refractivity contribution is 7.98. The van der Waals surface area contributed by atoms with Crippen LogP contribution in [0.25, 0.3) is 0 Å². The minimum Gasteiger partial charge on any atom is -0.165 e. The molecule has 0 atom stereocenters. The number of hydrogen-bond donors (Lipinski definition) is 0. The van der Waals surface area contributed by atoms with Gasteiger partial charge in [0.15, 0.2) is 0 Å². The van der Waals surface area contributed by atoms with E-state index in [1.165, 1.54) is 31.4 Å². The van der Waals surface area contributed by atoms with Crippen LogP contribution in [0.2, 0.25) is 0 Å².